The average molecular weight is 205 g/mol. The van der Waals surface area contributed by atoms with E-state index in [1.807, 2.05) is 0 Å². The van der Waals surface area contributed by atoms with Crippen molar-refractivity contribution in [2.75, 3.05) is 26.4 Å². The van der Waals surface area contributed by atoms with Crippen LogP contribution in [0.4, 0.5) is 0 Å². The Labute approximate surface area is 84.1 Å². The second-order valence-electron chi connectivity index (χ2n) is 3.12. The second-order valence-corrected chi connectivity index (χ2v) is 3.12. The van der Waals surface area contributed by atoms with Crippen molar-refractivity contribution < 1.29 is 19.7 Å². The zero-order valence-corrected chi connectivity index (χ0v) is 8.69. The van der Waals surface area contributed by atoms with Gasteiger partial charge in [0.25, 0.3) is 0 Å². The van der Waals surface area contributed by atoms with Crippen molar-refractivity contribution in [2.45, 2.75) is 19.9 Å². The standard InChI is InChI=1S/C9H19NO4/c1-3-14-9(13)7(2)4-10-8(5-11)6-12/h7-8,10-12H,3-6H2,1-2H3. The van der Waals surface area contributed by atoms with Gasteiger partial charge in [0.1, 0.15) is 0 Å². The molecule has 0 aliphatic carbocycles. The minimum atomic E-state index is -0.369. The fourth-order valence-corrected chi connectivity index (χ4v) is 0.898. The Hall–Kier alpha value is -0.650. The van der Waals surface area contributed by atoms with Gasteiger partial charge in [0.2, 0.25) is 0 Å². The van der Waals surface area contributed by atoms with Crippen LogP contribution >= 0.6 is 0 Å². The molecule has 0 aromatic heterocycles. The van der Waals surface area contributed by atoms with Crippen LogP contribution in [-0.4, -0.2) is 48.6 Å². The van der Waals surface area contributed by atoms with E-state index in [2.05, 4.69) is 5.32 Å². The van der Waals surface area contributed by atoms with Gasteiger partial charge in [-0.05, 0) is 6.92 Å². The summed E-state index contributed by atoms with van der Waals surface area (Å²) in [5, 5.41) is 20.3. The molecule has 5 nitrogen and oxygen atoms in total. The topological polar surface area (TPSA) is 78.8 Å². The van der Waals surface area contributed by atoms with E-state index in [1.54, 1.807) is 13.8 Å². The summed E-state index contributed by atoms with van der Waals surface area (Å²) >= 11 is 0. The van der Waals surface area contributed by atoms with Crippen LogP contribution in [0.2, 0.25) is 0 Å². The Morgan fingerprint density at radius 3 is 2.43 bits per heavy atom. The Balaban J connectivity index is 3.71. The van der Waals surface area contributed by atoms with Crippen molar-refractivity contribution in [2.24, 2.45) is 5.92 Å². The minimum Gasteiger partial charge on any atom is -0.466 e. The number of aliphatic hydroxyl groups excluding tert-OH is 2. The lowest BCUT2D eigenvalue weighted by Gasteiger charge is -2.16. The van der Waals surface area contributed by atoms with Gasteiger partial charge < -0.3 is 20.3 Å². The van der Waals surface area contributed by atoms with E-state index in [-0.39, 0.29) is 31.1 Å². The highest BCUT2D eigenvalue weighted by molar-refractivity contribution is 5.72. The average Bonchev–Trinajstić information content (AvgIpc) is 2.19. The molecule has 0 saturated heterocycles. The van der Waals surface area contributed by atoms with Gasteiger partial charge >= 0.3 is 5.97 Å². The quantitative estimate of drug-likeness (QED) is 0.471. The third-order valence-corrected chi connectivity index (χ3v) is 1.84. The van der Waals surface area contributed by atoms with Crippen molar-refractivity contribution in [3.63, 3.8) is 0 Å². The van der Waals surface area contributed by atoms with Crippen LogP contribution in [-0.2, 0) is 9.53 Å². The molecule has 1 atom stereocenters. The zero-order chi connectivity index (χ0) is 11.0. The SMILES string of the molecule is CCOC(=O)C(C)CNC(CO)CO. The van der Waals surface area contributed by atoms with Gasteiger partial charge in [0.05, 0.1) is 31.8 Å². The van der Waals surface area contributed by atoms with Crippen LogP contribution in [0.5, 0.6) is 0 Å². The third-order valence-electron chi connectivity index (χ3n) is 1.84. The summed E-state index contributed by atoms with van der Waals surface area (Å²) in [4.78, 5) is 11.1. The van der Waals surface area contributed by atoms with Crippen molar-refractivity contribution in [1.82, 2.24) is 5.32 Å². The summed E-state index contributed by atoms with van der Waals surface area (Å²) in [5.41, 5.74) is 0. The van der Waals surface area contributed by atoms with Crippen LogP contribution in [0, 0.1) is 5.92 Å². The number of hydrogen-bond acceptors (Lipinski definition) is 5. The molecule has 0 saturated carbocycles. The van der Waals surface area contributed by atoms with Crippen LogP contribution in [0.15, 0.2) is 0 Å². The fraction of sp³-hybridized carbons (Fsp3) is 0.889. The first kappa shape index (κ1) is 13.4. The Bertz CT molecular complexity index is 159. The number of ether oxygens (including phenoxy) is 1. The lowest BCUT2D eigenvalue weighted by molar-refractivity contribution is -0.147. The van der Waals surface area contributed by atoms with Crippen LogP contribution in [0.3, 0.4) is 0 Å². The molecule has 0 bridgehead atoms. The van der Waals surface area contributed by atoms with Crippen molar-refractivity contribution in [1.29, 1.82) is 0 Å². The zero-order valence-electron chi connectivity index (χ0n) is 8.69. The molecule has 84 valence electrons. The largest absolute Gasteiger partial charge is 0.466 e. The second kappa shape index (κ2) is 7.73. The first-order valence-electron chi connectivity index (χ1n) is 4.77. The fourth-order valence-electron chi connectivity index (χ4n) is 0.898. The van der Waals surface area contributed by atoms with Gasteiger partial charge in [-0.15, -0.1) is 0 Å². The van der Waals surface area contributed by atoms with E-state index in [0.717, 1.165) is 0 Å². The predicted molar refractivity (Wildman–Crippen MR) is 51.8 cm³/mol. The lowest BCUT2D eigenvalue weighted by atomic mass is 10.1. The lowest BCUT2D eigenvalue weighted by Crippen LogP contribution is -2.40. The molecule has 0 heterocycles. The highest BCUT2D eigenvalue weighted by Crippen LogP contribution is 1.97. The third kappa shape index (κ3) is 5.16. The van der Waals surface area contributed by atoms with E-state index < -0.39 is 0 Å². The number of rotatable bonds is 7. The molecule has 0 amide bonds. The van der Waals surface area contributed by atoms with E-state index in [4.69, 9.17) is 14.9 Å². The molecule has 0 radical (unpaired) electrons. The molecule has 3 N–H and O–H groups in total. The van der Waals surface area contributed by atoms with Crippen LogP contribution in [0.25, 0.3) is 0 Å². The monoisotopic (exact) mass is 205 g/mol. The van der Waals surface area contributed by atoms with Gasteiger partial charge in [-0.25, -0.2) is 0 Å². The summed E-state index contributed by atoms with van der Waals surface area (Å²) in [6.07, 6.45) is 0. The molecule has 0 rings (SSSR count). The number of carbonyl (C=O) groups excluding carboxylic acids is 1. The molecule has 14 heavy (non-hydrogen) atoms. The molecule has 0 aromatic carbocycles. The number of aliphatic hydroxyl groups is 2. The summed E-state index contributed by atoms with van der Waals surface area (Å²) in [6, 6.07) is -0.369. The molecular weight excluding hydrogens is 186 g/mol. The maximum Gasteiger partial charge on any atom is 0.309 e. The van der Waals surface area contributed by atoms with E-state index in [1.165, 1.54) is 0 Å². The normalized spacial score (nSPS) is 12.9. The predicted octanol–water partition coefficient (Wildman–Crippen LogP) is -0.872. The van der Waals surface area contributed by atoms with Gasteiger partial charge in [-0.1, -0.05) is 6.92 Å². The highest BCUT2D eigenvalue weighted by atomic mass is 16.5. The van der Waals surface area contributed by atoms with Crippen LogP contribution < -0.4 is 5.32 Å². The number of hydrogen-bond donors (Lipinski definition) is 3. The maximum atomic E-state index is 11.1. The summed E-state index contributed by atoms with van der Waals surface area (Å²) in [6.45, 7) is 3.95. The van der Waals surface area contributed by atoms with Crippen molar-refractivity contribution in [3.05, 3.63) is 0 Å². The Morgan fingerprint density at radius 1 is 1.43 bits per heavy atom. The highest BCUT2D eigenvalue weighted by Gasteiger charge is 2.15. The Morgan fingerprint density at radius 2 is 2.00 bits per heavy atom. The summed E-state index contributed by atoms with van der Waals surface area (Å²) < 4.78 is 4.80. The first-order valence-corrected chi connectivity index (χ1v) is 4.77. The number of esters is 1. The maximum absolute atomic E-state index is 11.1. The van der Waals surface area contributed by atoms with Crippen LogP contribution in [0.1, 0.15) is 13.8 Å². The molecule has 1 unspecified atom stereocenters. The Kier molecular flexibility index (Phi) is 7.37. The van der Waals surface area contributed by atoms with Gasteiger partial charge in [0.15, 0.2) is 0 Å². The smallest absolute Gasteiger partial charge is 0.309 e. The first-order chi connectivity index (χ1) is 6.65. The van der Waals surface area contributed by atoms with Gasteiger partial charge in [-0.3, -0.25) is 4.79 Å². The van der Waals surface area contributed by atoms with Gasteiger partial charge in [-0.2, -0.15) is 0 Å². The molecule has 0 aromatic rings. The van der Waals surface area contributed by atoms with E-state index in [0.29, 0.717) is 13.2 Å². The molecule has 5 heteroatoms. The van der Waals surface area contributed by atoms with Crippen molar-refractivity contribution >= 4 is 5.97 Å². The number of carbonyl (C=O) groups is 1. The number of nitrogens with one attached hydrogen (secondary N) is 1. The molecule has 0 aliphatic heterocycles. The van der Waals surface area contributed by atoms with Crippen molar-refractivity contribution in [3.8, 4) is 0 Å². The van der Waals surface area contributed by atoms with Gasteiger partial charge in [0, 0.05) is 6.54 Å². The van der Waals surface area contributed by atoms with E-state index >= 15 is 0 Å². The summed E-state index contributed by atoms with van der Waals surface area (Å²) in [7, 11) is 0. The molecule has 0 fully saturated rings. The summed E-state index contributed by atoms with van der Waals surface area (Å²) in [5.74, 6) is -0.537. The molecular formula is C9H19NO4. The molecule has 0 spiro atoms. The minimum absolute atomic E-state index is 0.147. The molecule has 0 aliphatic rings. The van der Waals surface area contributed by atoms with E-state index in [9.17, 15) is 4.79 Å².